The third kappa shape index (κ3) is 3.84. The molecule has 32 heavy (non-hydrogen) atoms. The summed E-state index contributed by atoms with van der Waals surface area (Å²) < 4.78 is 66.7. The fourth-order valence-electron chi connectivity index (χ4n) is 3.74. The highest BCUT2D eigenvalue weighted by atomic mass is 32.2. The Bertz CT molecular complexity index is 1320. The molecule has 0 aliphatic heterocycles. The highest BCUT2D eigenvalue weighted by Gasteiger charge is 2.39. The topological polar surface area (TPSA) is 101 Å². The van der Waals surface area contributed by atoms with Gasteiger partial charge < -0.3 is 4.57 Å². The Morgan fingerprint density at radius 1 is 1.25 bits per heavy atom. The Labute approximate surface area is 183 Å². The molecular weight excluding hydrogens is 443 g/mol. The second kappa shape index (κ2) is 7.86. The summed E-state index contributed by atoms with van der Waals surface area (Å²) in [4.78, 5) is 8.13. The summed E-state index contributed by atoms with van der Waals surface area (Å²) in [6, 6.07) is 4.66. The molecule has 1 fully saturated rings. The molecule has 1 aliphatic rings. The number of nitrogens with zero attached hydrogens (tertiary/aromatic N) is 4. The largest absolute Gasteiger partial charge is 0.404 e. The number of aromatic nitrogens is 3. The molecule has 0 radical (unpaired) electrons. The Kier molecular flexibility index (Phi) is 5.46. The van der Waals surface area contributed by atoms with E-state index in [9.17, 15) is 26.9 Å². The third-order valence-electron chi connectivity index (χ3n) is 5.69. The molecule has 1 saturated carbocycles. The molecule has 0 spiro atoms. The summed E-state index contributed by atoms with van der Waals surface area (Å²) in [7, 11) is -4.42. The molecular formula is C21H20F3N5O2S. The summed E-state index contributed by atoms with van der Waals surface area (Å²) in [5.74, 6) is 0. The summed E-state index contributed by atoms with van der Waals surface area (Å²) >= 11 is 0. The minimum atomic E-state index is -4.71. The van der Waals surface area contributed by atoms with Crippen molar-refractivity contribution in [3.8, 4) is 17.5 Å². The van der Waals surface area contributed by atoms with E-state index < -0.39 is 22.2 Å². The molecule has 0 aromatic carbocycles. The van der Waals surface area contributed by atoms with E-state index >= 15 is 0 Å². The van der Waals surface area contributed by atoms with E-state index in [1.807, 2.05) is 17.6 Å². The normalized spacial score (nSPS) is 16.0. The minimum Gasteiger partial charge on any atom is -0.335 e. The van der Waals surface area contributed by atoms with Gasteiger partial charge in [-0.05, 0) is 51.3 Å². The van der Waals surface area contributed by atoms with Crippen molar-refractivity contribution in [1.29, 1.82) is 5.26 Å². The number of aryl methyl sites for hydroxylation is 1. The van der Waals surface area contributed by atoms with E-state index in [4.69, 9.17) is 0 Å². The monoisotopic (exact) mass is 463 g/mol. The van der Waals surface area contributed by atoms with Crippen LogP contribution in [0.2, 0.25) is 0 Å². The zero-order valence-electron chi connectivity index (χ0n) is 17.3. The average Bonchev–Trinajstić information content (AvgIpc) is 2.99. The fourth-order valence-corrected chi connectivity index (χ4v) is 4.92. The number of rotatable bonds is 5. The van der Waals surface area contributed by atoms with Crippen molar-refractivity contribution in [2.75, 3.05) is 0 Å². The maximum absolute atomic E-state index is 12.8. The lowest BCUT2D eigenvalue weighted by Gasteiger charge is -2.30. The van der Waals surface area contributed by atoms with Crippen molar-refractivity contribution in [1.82, 2.24) is 19.3 Å². The number of nitriles is 1. The van der Waals surface area contributed by atoms with E-state index in [1.165, 1.54) is 12.1 Å². The molecule has 1 N–H and O–H groups in total. The van der Waals surface area contributed by atoms with Crippen molar-refractivity contribution in [3.63, 3.8) is 0 Å². The van der Waals surface area contributed by atoms with Crippen LogP contribution in [-0.2, 0) is 10.0 Å². The van der Waals surface area contributed by atoms with Gasteiger partial charge in [-0.2, -0.15) is 23.2 Å². The zero-order chi connectivity index (χ0) is 23.3. The van der Waals surface area contributed by atoms with E-state index in [2.05, 4.69) is 16.0 Å². The molecule has 0 unspecified atom stereocenters. The van der Waals surface area contributed by atoms with E-state index in [1.54, 1.807) is 10.9 Å². The second-order valence-electron chi connectivity index (χ2n) is 7.90. The molecule has 1 atom stereocenters. The molecule has 1 aliphatic carbocycles. The maximum Gasteiger partial charge on any atom is 0.404 e. The van der Waals surface area contributed by atoms with Crippen LogP contribution in [0.3, 0.4) is 0 Å². The first kappa shape index (κ1) is 22.2. The van der Waals surface area contributed by atoms with E-state index in [0.29, 0.717) is 22.3 Å². The first-order valence-corrected chi connectivity index (χ1v) is 11.5. The van der Waals surface area contributed by atoms with Gasteiger partial charge in [0.25, 0.3) is 0 Å². The number of hydrogen-bond acceptors (Lipinski definition) is 5. The predicted octanol–water partition coefficient (Wildman–Crippen LogP) is 4.23. The minimum absolute atomic E-state index is 0.177. The van der Waals surface area contributed by atoms with Crippen molar-refractivity contribution >= 4 is 20.9 Å². The Hall–Kier alpha value is -2.97. The van der Waals surface area contributed by atoms with E-state index in [-0.39, 0.29) is 10.9 Å². The number of pyridine rings is 2. The van der Waals surface area contributed by atoms with Crippen LogP contribution in [0.15, 0.2) is 35.5 Å². The molecule has 0 amide bonds. The van der Waals surface area contributed by atoms with Crippen molar-refractivity contribution in [3.05, 3.63) is 41.9 Å². The standard InChI is InChI=1S/C21H20F3N5O2S/c1-12-8-19-17(11-26-12)16(9-25)20(29(19)14-4-3-5-14)18-7-6-15(10-27-18)32(30,31)28-13(2)21(22,23)24/h6-8,10-11,13-14,28H,3-5H2,1-2H3/t13-/m1/s1. The van der Waals surface area contributed by atoms with Gasteiger partial charge in [0.2, 0.25) is 10.0 Å². The lowest BCUT2D eigenvalue weighted by atomic mass is 9.92. The molecule has 3 aromatic rings. The molecule has 4 rings (SSSR count). The molecule has 0 bridgehead atoms. The molecule has 3 aromatic heterocycles. The van der Waals surface area contributed by atoms with E-state index in [0.717, 1.165) is 43.6 Å². The first-order chi connectivity index (χ1) is 15.0. The maximum atomic E-state index is 12.8. The van der Waals surface area contributed by atoms with Crippen LogP contribution in [0, 0.1) is 18.3 Å². The molecule has 7 nitrogen and oxygen atoms in total. The lowest BCUT2D eigenvalue weighted by Crippen LogP contribution is -2.42. The van der Waals surface area contributed by atoms with Crippen LogP contribution in [0.4, 0.5) is 13.2 Å². The predicted molar refractivity (Wildman–Crippen MR) is 111 cm³/mol. The van der Waals surface area contributed by atoms with Gasteiger partial charge in [0, 0.05) is 29.5 Å². The molecule has 0 saturated heterocycles. The van der Waals surface area contributed by atoms with Crippen molar-refractivity contribution in [2.24, 2.45) is 0 Å². The molecule has 11 heteroatoms. The summed E-state index contributed by atoms with van der Waals surface area (Å²) in [5, 5.41) is 10.5. The van der Waals surface area contributed by atoms with Gasteiger partial charge in [-0.25, -0.2) is 8.42 Å². The fraction of sp³-hybridized carbons (Fsp3) is 0.381. The second-order valence-corrected chi connectivity index (χ2v) is 9.61. The van der Waals surface area contributed by atoms with Crippen LogP contribution in [-0.4, -0.2) is 35.2 Å². The average molecular weight is 463 g/mol. The van der Waals surface area contributed by atoms with Gasteiger partial charge in [0.05, 0.1) is 22.5 Å². The van der Waals surface area contributed by atoms with Crippen molar-refractivity contribution in [2.45, 2.75) is 56.3 Å². The summed E-state index contributed by atoms with van der Waals surface area (Å²) in [6.07, 6.45) is 0.877. The van der Waals surface area contributed by atoms with Gasteiger partial charge in [-0.3, -0.25) is 9.97 Å². The van der Waals surface area contributed by atoms with Gasteiger partial charge >= 0.3 is 6.18 Å². The SMILES string of the molecule is Cc1cc2c(cn1)c(C#N)c(-c1ccc(S(=O)(=O)N[C@H](C)C(F)(F)F)cn1)n2C1CCC1. The number of halogens is 3. The molecule has 3 heterocycles. The smallest absolute Gasteiger partial charge is 0.335 e. The number of nitrogens with one attached hydrogen (secondary N) is 1. The third-order valence-corrected chi connectivity index (χ3v) is 7.22. The highest BCUT2D eigenvalue weighted by molar-refractivity contribution is 7.89. The van der Waals surface area contributed by atoms with Gasteiger partial charge in [0.1, 0.15) is 17.0 Å². The highest BCUT2D eigenvalue weighted by Crippen LogP contribution is 2.42. The van der Waals surface area contributed by atoms with Crippen LogP contribution in [0.1, 0.15) is 43.5 Å². The lowest BCUT2D eigenvalue weighted by molar-refractivity contribution is -0.147. The summed E-state index contributed by atoms with van der Waals surface area (Å²) in [6.45, 7) is 2.59. The number of sulfonamides is 1. The zero-order valence-corrected chi connectivity index (χ0v) is 18.1. The Morgan fingerprint density at radius 2 is 1.97 bits per heavy atom. The quantitative estimate of drug-likeness (QED) is 0.610. The number of fused-ring (bicyclic) bond motifs is 1. The van der Waals surface area contributed by atoms with Crippen LogP contribution in [0.5, 0.6) is 0 Å². The summed E-state index contributed by atoms with van der Waals surface area (Å²) in [5.41, 5.74) is 2.95. The molecule has 168 valence electrons. The first-order valence-electron chi connectivity index (χ1n) is 9.99. The van der Waals surface area contributed by atoms with Gasteiger partial charge in [-0.15, -0.1) is 0 Å². The van der Waals surface area contributed by atoms with Crippen LogP contribution < -0.4 is 4.72 Å². The number of alkyl halides is 3. The van der Waals surface area contributed by atoms with Crippen molar-refractivity contribution < 1.29 is 21.6 Å². The number of hydrogen-bond donors (Lipinski definition) is 1. The Balaban J connectivity index is 1.80. The van der Waals surface area contributed by atoms with Gasteiger partial charge in [-0.1, -0.05) is 0 Å². The van der Waals surface area contributed by atoms with Crippen LogP contribution in [0.25, 0.3) is 22.3 Å². The van der Waals surface area contributed by atoms with Crippen LogP contribution >= 0.6 is 0 Å². The Morgan fingerprint density at radius 3 is 2.50 bits per heavy atom. The van der Waals surface area contributed by atoms with Gasteiger partial charge in [0.15, 0.2) is 0 Å².